The Labute approximate surface area is 146 Å². The number of aromatic amines is 1. The van der Waals surface area contributed by atoms with E-state index in [1.165, 1.54) is 6.42 Å². The molecule has 4 rings (SSSR count). The van der Waals surface area contributed by atoms with E-state index in [1.54, 1.807) is 6.20 Å². The van der Waals surface area contributed by atoms with Gasteiger partial charge >= 0.3 is 6.03 Å². The lowest BCUT2D eigenvalue weighted by molar-refractivity contribution is 0.154. The zero-order chi connectivity index (χ0) is 17.1. The summed E-state index contributed by atoms with van der Waals surface area (Å²) in [6, 6.07) is 10.2. The fraction of sp³-hybridized carbons (Fsp3) is 0.368. The third kappa shape index (κ3) is 3.52. The number of nitrogens with one attached hydrogen (secondary N) is 2. The summed E-state index contributed by atoms with van der Waals surface area (Å²) in [5.74, 6) is 0. The molecular weight excluding hydrogens is 314 g/mol. The lowest BCUT2D eigenvalue weighted by Gasteiger charge is -2.35. The monoisotopic (exact) mass is 337 g/mol. The molecule has 1 atom stereocenters. The molecule has 130 valence electrons. The molecule has 0 bridgehead atoms. The smallest absolute Gasteiger partial charge is 0.322 e. The molecule has 0 spiro atoms. The van der Waals surface area contributed by atoms with Crippen LogP contribution in [0.5, 0.6) is 0 Å². The summed E-state index contributed by atoms with van der Waals surface area (Å²) in [6.45, 7) is 1.67. The first-order valence-corrected chi connectivity index (χ1v) is 8.92. The van der Waals surface area contributed by atoms with Gasteiger partial charge < -0.3 is 15.2 Å². The van der Waals surface area contributed by atoms with Crippen molar-refractivity contribution < 1.29 is 4.79 Å². The number of nitrogens with zero attached hydrogens (tertiary/aromatic N) is 3. The summed E-state index contributed by atoms with van der Waals surface area (Å²) in [4.78, 5) is 18.0. The average molecular weight is 337 g/mol. The van der Waals surface area contributed by atoms with Crippen LogP contribution in [0, 0.1) is 0 Å². The van der Waals surface area contributed by atoms with Gasteiger partial charge in [0.2, 0.25) is 0 Å². The molecule has 0 unspecified atom stereocenters. The van der Waals surface area contributed by atoms with Crippen LogP contribution in [0.4, 0.5) is 10.5 Å². The Morgan fingerprint density at radius 2 is 2.28 bits per heavy atom. The zero-order valence-electron chi connectivity index (χ0n) is 14.2. The Hall–Kier alpha value is -2.76. The van der Waals surface area contributed by atoms with E-state index in [-0.39, 0.29) is 12.1 Å². The van der Waals surface area contributed by atoms with Crippen molar-refractivity contribution in [1.29, 1.82) is 0 Å². The predicted octanol–water partition coefficient (Wildman–Crippen LogP) is 3.84. The number of carbonyl (C=O) groups is 1. The van der Waals surface area contributed by atoms with Crippen molar-refractivity contribution in [1.82, 2.24) is 19.7 Å². The van der Waals surface area contributed by atoms with Crippen LogP contribution in [0.1, 0.15) is 25.7 Å². The minimum absolute atomic E-state index is 0.0000472. The van der Waals surface area contributed by atoms with Gasteiger partial charge in [-0.1, -0.05) is 0 Å². The first kappa shape index (κ1) is 15.7. The third-order valence-electron chi connectivity index (χ3n) is 4.94. The maximum Gasteiger partial charge on any atom is 0.322 e. The number of fused-ring (bicyclic) bond motifs is 1. The molecular formula is C19H23N5O. The number of hydrogen-bond donors (Lipinski definition) is 2. The topological polar surface area (TPSA) is 66.0 Å². The molecule has 2 amide bonds. The van der Waals surface area contributed by atoms with Crippen molar-refractivity contribution in [3.63, 3.8) is 0 Å². The molecule has 1 aliphatic heterocycles. The molecule has 3 aromatic rings. The van der Waals surface area contributed by atoms with Crippen LogP contribution in [-0.4, -0.2) is 38.3 Å². The quantitative estimate of drug-likeness (QED) is 0.759. The van der Waals surface area contributed by atoms with E-state index >= 15 is 0 Å². The number of hydrogen-bond acceptors (Lipinski definition) is 2. The number of likely N-dealkylation sites (tertiary alicyclic amines) is 1. The van der Waals surface area contributed by atoms with E-state index in [9.17, 15) is 4.79 Å². The van der Waals surface area contributed by atoms with Gasteiger partial charge in [-0.05, 0) is 56.0 Å². The van der Waals surface area contributed by atoms with Gasteiger partial charge in [-0.25, -0.2) is 4.79 Å². The molecule has 1 saturated heterocycles. The number of carbonyl (C=O) groups excluding carboxylic acids is 1. The minimum atomic E-state index is 0.0000472. The van der Waals surface area contributed by atoms with Crippen LogP contribution in [0.2, 0.25) is 0 Å². The van der Waals surface area contributed by atoms with Gasteiger partial charge in [0.1, 0.15) is 0 Å². The molecule has 2 N–H and O–H groups in total. The summed E-state index contributed by atoms with van der Waals surface area (Å²) >= 11 is 0. The van der Waals surface area contributed by atoms with Gasteiger partial charge in [-0.15, -0.1) is 0 Å². The van der Waals surface area contributed by atoms with Crippen molar-refractivity contribution in [2.24, 2.45) is 0 Å². The number of urea groups is 1. The van der Waals surface area contributed by atoms with Crippen LogP contribution in [0.3, 0.4) is 0 Å². The summed E-state index contributed by atoms with van der Waals surface area (Å²) in [5.41, 5.74) is 1.92. The van der Waals surface area contributed by atoms with E-state index in [4.69, 9.17) is 0 Å². The normalized spacial score (nSPS) is 17.8. The highest BCUT2D eigenvalue weighted by Crippen LogP contribution is 2.23. The maximum atomic E-state index is 12.8. The fourth-order valence-electron chi connectivity index (χ4n) is 3.61. The number of anilines is 1. The first-order chi connectivity index (χ1) is 12.3. The summed E-state index contributed by atoms with van der Waals surface area (Å²) in [7, 11) is 0. The summed E-state index contributed by atoms with van der Waals surface area (Å²) in [6.07, 6.45) is 9.93. The highest BCUT2D eigenvalue weighted by molar-refractivity contribution is 5.93. The van der Waals surface area contributed by atoms with Gasteiger partial charge in [0.25, 0.3) is 0 Å². The molecule has 0 aliphatic carbocycles. The van der Waals surface area contributed by atoms with Crippen LogP contribution >= 0.6 is 0 Å². The second kappa shape index (κ2) is 7.01. The van der Waals surface area contributed by atoms with Crippen molar-refractivity contribution in [3.05, 3.63) is 48.9 Å². The molecule has 0 saturated carbocycles. The summed E-state index contributed by atoms with van der Waals surface area (Å²) < 4.78 is 1.94. The number of aryl methyl sites for hydroxylation is 1. The largest absolute Gasteiger partial charge is 0.361 e. The highest BCUT2D eigenvalue weighted by Gasteiger charge is 2.26. The Morgan fingerprint density at radius 1 is 1.32 bits per heavy atom. The molecule has 3 heterocycles. The van der Waals surface area contributed by atoms with E-state index in [2.05, 4.69) is 15.4 Å². The lowest BCUT2D eigenvalue weighted by Crippen LogP contribution is -2.46. The van der Waals surface area contributed by atoms with Crippen molar-refractivity contribution in [2.45, 2.75) is 38.3 Å². The second-order valence-corrected chi connectivity index (χ2v) is 6.61. The predicted molar refractivity (Wildman–Crippen MR) is 98.5 cm³/mol. The van der Waals surface area contributed by atoms with Crippen molar-refractivity contribution in [3.8, 4) is 0 Å². The first-order valence-electron chi connectivity index (χ1n) is 8.92. The molecule has 1 aromatic carbocycles. The Bertz CT molecular complexity index is 839. The molecule has 6 heteroatoms. The third-order valence-corrected chi connectivity index (χ3v) is 4.94. The van der Waals surface area contributed by atoms with E-state index in [0.717, 1.165) is 48.9 Å². The molecule has 25 heavy (non-hydrogen) atoms. The standard InChI is InChI=1S/C19H23N5O/c25-19(22-16-5-6-18-15(14-16)7-10-20-18)24-12-2-1-4-17(24)8-13-23-11-3-9-21-23/h3,5-7,9-11,14,17,20H,1-2,4,8,12-13H2,(H,22,25)/t17-/m1/s1. The van der Waals surface area contributed by atoms with E-state index in [0.29, 0.717) is 0 Å². The molecule has 0 radical (unpaired) electrons. The maximum absolute atomic E-state index is 12.8. The van der Waals surface area contributed by atoms with Gasteiger partial charge in [0, 0.05) is 54.3 Å². The van der Waals surface area contributed by atoms with Crippen LogP contribution in [0.15, 0.2) is 48.9 Å². The Balaban J connectivity index is 1.42. The van der Waals surface area contributed by atoms with Crippen molar-refractivity contribution in [2.75, 3.05) is 11.9 Å². The number of rotatable bonds is 4. The molecule has 2 aromatic heterocycles. The number of aromatic nitrogens is 3. The van der Waals surface area contributed by atoms with Crippen LogP contribution in [-0.2, 0) is 6.54 Å². The van der Waals surface area contributed by atoms with Crippen LogP contribution in [0.25, 0.3) is 10.9 Å². The average Bonchev–Trinajstić information content (AvgIpc) is 3.31. The zero-order valence-corrected chi connectivity index (χ0v) is 14.2. The Morgan fingerprint density at radius 3 is 3.16 bits per heavy atom. The number of benzene rings is 1. The second-order valence-electron chi connectivity index (χ2n) is 6.61. The van der Waals surface area contributed by atoms with Gasteiger partial charge in [-0.2, -0.15) is 5.10 Å². The minimum Gasteiger partial charge on any atom is -0.361 e. The molecule has 6 nitrogen and oxygen atoms in total. The number of piperidine rings is 1. The SMILES string of the molecule is O=C(Nc1ccc2[nH]ccc2c1)N1CCCC[C@@H]1CCn1cccn1. The van der Waals surface area contributed by atoms with Crippen LogP contribution < -0.4 is 5.32 Å². The number of amides is 2. The molecule has 1 aliphatic rings. The fourth-order valence-corrected chi connectivity index (χ4v) is 3.61. The molecule has 1 fully saturated rings. The van der Waals surface area contributed by atoms with Gasteiger partial charge in [0.05, 0.1) is 0 Å². The Kier molecular flexibility index (Phi) is 4.41. The van der Waals surface area contributed by atoms with E-state index < -0.39 is 0 Å². The van der Waals surface area contributed by atoms with E-state index in [1.807, 2.05) is 52.3 Å². The highest BCUT2D eigenvalue weighted by atomic mass is 16.2. The van der Waals surface area contributed by atoms with Crippen molar-refractivity contribution >= 4 is 22.6 Å². The van der Waals surface area contributed by atoms with Gasteiger partial charge in [0.15, 0.2) is 0 Å². The van der Waals surface area contributed by atoms with Gasteiger partial charge in [-0.3, -0.25) is 4.68 Å². The summed E-state index contributed by atoms with van der Waals surface area (Å²) in [5, 5.41) is 8.43. The number of H-pyrrole nitrogens is 1. The lowest BCUT2D eigenvalue weighted by atomic mass is 10.00.